The van der Waals surface area contributed by atoms with Crippen molar-refractivity contribution in [3.63, 3.8) is 0 Å². The highest BCUT2D eigenvalue weighted by atomic mass is 16.6. The molecule has 1 heterocycles. The average Bonchev–Trinajstić information content (AvgIpc) is 2.81. The molecule has 2 aromatic rings. The first kappa shape index (κ1) is 23.2. The molecule has 1 saturated heterocycles. The summed E-state index contributed by atoms with van der Waals surface area (Å²) in [6, 6.07) is 11.3. The third kappa shape index (κ3) is 6.50. The fraction of sp³-hybridized carbons (Fsp3) is 0.364. The van der Waals surface area contributed by atoms with Crippen LogP contribution in [0.4, 0.5) is 17.1 Å². The number of carbonyl (C=O) groups is 2. The molecular formula is C22H27N5O5. The van der Waals surface area contributed by atoms with E-state index in [9.17, 15) is 19.7 Å². The van der Waals surface area contributed by atoms with E-state index in [0.29, 0.717) is 37.6 Å². The third-order valence-electron chi connectivity index (χ3n) is 5.15. The Balaban J connectivity index is 1.55. The first-order valence-corrected chi connectivity index (χ1v) is 10.4. The van der Waals surface area contributed by atoms with E-state index in [1.807, 2.05) is 6.07 Å². The number of anilines is 2. The number of nitro groups is 1. The van der Waals surface area contributed by atoms with E-state index >= 15 is 0 Å². The minimum Gasteiger partial charge on any atom is -0.387 e. The molecule has 2 amide bonds. The second-order valence-electron chi connectivity index (χ2n) is 7.37. The normalized spacial score (nSPS) is 13.9. The highest BCUT2D eigenvalue weighted by Gasteiger charge is 2.16. The molecule has 0 aromatic heterocycles. The van der Waals surface area contributed by atoms with Crippen molar-refractivity contribution in [1.82, 2.24) is 10.2 Å². The van der Waals surface area contributed by atoms with E-state index in [1.54, 1.807) is 25.2 Å². The molecule has 0 radical (unpaired) electrons. The van der Waals surface area contributed by atoms with E-state index in [2.05, 4.69) is 20.9 Å². The molecule has 0 unspecified atom stereocenters. The largest absolute Gasteiger partial charge is 0.387 e. The number of rotatable bonds is 9. The third-order valence-corrected chi connectivity index (χ3v) is 5.15. The van der Waals surface area contributed by atoms with Gasteiger partial charge in [0.1, 0.15) is 0 Å². The number of nitrogens with zero attached hydrogens (tertiary/aromatic N) is 2. The molecule has 1 aliphatic heterocycles. The molecule has 32 heavy (non-hydrogen) atoms. The van der Waals surface area contributed by atoms with Crippen LogP contribution in [0, 0.1) is 10.1 Å². The molecule has 10 heteroatoms. The second kappa shape index (κ2) is 11.2. The highest BCUT2D eigenvalue weighted by molar-refractivity contribution is 6.00. The van der Waals surface area contributed by atoms with Gasteiger partial charge in [-0.3, -0.25) is 24.6 Å². The van der Waals surface area contributed by atoms with Crippen LogP contribution in [0.5, 0.6) is 0 Å². The molecule has 0 saturated carbocycles. The van der Waals surface area contributed by atoms with Crippen LogP contribution in [-0.4, -0.2) is 61.5 Å². The number of ether oxygens (including phenoxy) is 1. The van der Waals surface area contributed by atoms with Gasteiger partial charge in [0.15, 0.2) is 0 Å². The van der Waals surface area contributed by atoms with Gasteiger partial charge in [-0.1, -0.05) is 12.1 Å². The van der Waals surface area contributed by atoms with Crippen molar-refractivity contribution in [3.8, 4) is 0 Å². The van der Waals surface area contributed by atoms with Gasteiger partial charge >= 0.3 is 0 Å². The molecule has 10 nitrogen and oxygen atoms in total. The average molecular weight is 441 g/mol. The maximum Gasteiger partial charge on any atom is 0.270 e. The van der Waals surface area contributed by atoms with Gasteiger partial charge in [0, 0.05) is 63.2 Å². The SMILES string of the molecule is CNc1ccc([N+](=O)[O-])cc1C(=O)NCc1cccc(NC(=O)CCN2CCOCC2)c1. The lowest BCUT2D eigenvalue weighted by molar-refractivity contribution is -0.384. The number of nitrogens with one attached hydrogen (secondary N) is 3. The maximum absolute atomic E-state index is 12.6. The predicted octanol–water partition coefficient (Wildman–Crippen LogP) is 2.23. The number of morpholine rings is 1. The first-order valence-electron chi connectivity index (χ1n) is 10.4. The number of hydrogen-bond acceptors (Lipinski definition) is 7. The maximum atomic E-state index is 12.6. The van der Waals surface area contributed by atoms with Crippen LogP contribution in [0.3, 0.4) is 0 Å². The molecule has 2 aromatic carbocycles. The molecular weight excluding hydrogens is 414 g/mol. The van der Waals surface area contributed by atoms with E-state index in [0.717, 1.165) is 18.7 Å². The molecule has 170 valence electrons. The summed E-state index contributed by atoms with van der Waals surface area (Å²) in [4.78, 5) is 37.6. The van der Waals surface area contributed by atoms with Crippen molar-refractivity contribution < 1.29 is 19.2 Å². The van der Waals surface area contributed by atoms with E-state index in [4.69, 9.17) is 4.74 Å². The van der Waals surface area contributed by atoms with Gasteiger partial charge in [0.2, 0.25) is 5.91 Å². The van der Waals surface area contributed by atoms with Gasteiger partial charge in [-0.05, 0) is 23.8 Å². The van der Waals surface area contributed by atoms with E-state index in [1.165, 1.54) is 18.2 Å². The van der Waals surface area contributed by atoms with Crippen LogP contribution in [0.1, 0.15) is 22.3 Å². The lowest BCUT2D eigenvalue weighted by atomic mass is 10.1. The van der Waals surface area contributed by atoms with Crippen LogP contribution in [0.15, 0.2) is 42.5 Å². The Hall–Kier alpha value is -3.50. The number of benzene rings is 2. The molecule has 0 aliphatic carbocycles. The Bertz CT molecular complexity index is 975. The Labute approximate surface area is 186 Å². The Kier molecular flexibility index (Phi) is 8.12. The number of nitro benzene ring substituents is 1. The van der Waals surface area contributed by atoms with Crippen LogP contribution in [0.2, 0.25) is 0 Å². The predicted molar refractivity (Wildman–Crippen MR) is 121 cm³/mol. The zero-order valence-electron chi connectivity index (χ0n) is 17.9. The zero-order chi connectivity index (χ0) is 22.9. The van der Waals surface area contributed by atoms with Gasteiger partial charge in [-0.2, -0.15) is 0 Å². The topological polar surface area (TPSA) is 126 Å². The second-order valence-corrected chi connectivity index (χ2v) is 7.37. The molecule has 1 fully saturated rings. The smallest absolute Gasteiger partial charge is 0.270 e. The molecule has 0 atom stereocenters. The van der Waals surface area contributed by atoms with Gasteiger partial charge in [-0.25, -0.2) is 0 Å². The van der Waals surface area contributed by atoms with Crippen LogP contribution in [-0.2, 0) is 16.1 Å². The zero-order valence-corrected chi connectivity index (χ0v) is 17.9. The standard InChI is InChI=1S/C22H27N5O5/c1-23-20-6-5-18(27(30)31)14-19(20)22(29)24-15-16-3-2-4-17(13-16)25-21(28)7-8-26-9-11-32-12-10-26/h2-6,13-14,23H,7-12,15H2,1H3,(H,24,29)(H,25,28). The number of non-ortho nitro benzene ring substituents is 1. The summed E-state index contributed by atoms with van der Waals surface area (Å²) in [5.41, 5.74) is 1.97. The number of carbonyl (C=O) groups excluding carboxylic acids is 2. The van der Waals surface area contributed by atoms with Crippen LogP contribution >= 0.6 is 0 Å². The van der Waals surface area contributed by atoms with Crippen molar-refractivity contribution >= 4 is 28.9 Å². The summed E-state index contributed by atoms with van der Waals surface area (Å²) in [5, 5.41) is 19.6. The Morgan fingerprint density at radius 3 is 2.66 bits per heavy atom. The first-order chi connectivity index (χ1) is 15.5. The fourth-order valence-corrected chi connectivity index (χ4v) is 3.40. The van der Waals surface area contributed by atoms with Crippen molar-refractivity contribution in [1.29, 1.82) is 0 Å². The monoisotopic (exact) mass is 441 g/mol. The lowest BCUT2D eigenvalue weighted by Gasteiger charge is -2.26. The molecule has 3 N–H and O–H groups in total. The van der Waals surface area contributed by atoms with Crippen LogP contribution < -0.4 is 16.0 Å². The quantitative estimate of drug-likeness (QED) is 0.402. The summed E-state index contributed by atoms with van der Waals surface area (Å²) in [6.45, 7) is 3.96. The Morgan fingerprint density at radius 1 is 1.16 bits per heavy atom. The lowest BCUT2D eigenvalue weighted by Crippen LogP contribution is -2.38. The van der Waals surface area contributed by atoms with Crippen LogP contribution in [0.25, 0.3) is 0 Å². The molecule has 0 bridgehead atoms. The van der Waals surface area contributed by atoms with Crippen molar-refractivity contribution in [2.75, 3.05) is 50.5 Å². The van der Waals surface area contributed by atoms with Gasteiger partial charge in [-0.15, -0.1) is 0 Å². The van der Waals surface area contributed by atoms with Gasteiger partial charge < -0.3 is 20.7 Å². The molecule has 3 rings (SSSR count). The summed E-state index contributed by atoms with van der Waals surface area (Å²) >= 11 is 0. The molecule has 0 spiro atoms. The summed E-state index contributed by atoms with van der Waals surface area (Å²) in [7, 11) is 1.64. The number of hydrogen-bond donors (Lipinski definition) is 3. The highest BCUT2D eigenvalue weighted by Crippen LogP contribution is 2.22. The summed E-state index contributed by atoms with van der Waals surface area (Å²) in [6.07, 6.45) is 0.389. The van der Waals surface area contributed by atoms with E-state index < -0.39 is 10.8 Å². The van der Waals surface area contributed by atoms with Crippen molar-refractivity contribution in [2.24, 2.45) is 0 Å². The summed E-state index contributed by atoms with van der Waals surface area (Å²) < 4.78 is 5.31. The van der Waals surface area contributed by atoms with E-state index in [-0.39, 0.29) is 23.7 Å². The Morgan fingerprint density at radius 2 is 1.94 bits per heavy atom. The van der Waals surface area contributed by atoms with Crippen molar-refractivity contribution in [3.05, 3.63) is 63.7 Å². The molecule has 1 aliphatic rings. The van der Waals surface area contributed by atoms with Gasteiger partial charge in [0.05, 0.1) is 23.7 Å². The fourth-order valence-electron chi connectivity index (χ4n) is 3.40. The number of amides is 2. The van der Waals surface area contributed by atoms with Crippen molar-refractivity contribution in [2.45, 2.75) is 13.0 Å². The minimum absolute atomic E-state index is 0.0760. The summed E-state index contributed by atoms with van der Waals surface area (Å²) in [5.74, 6) is -0.508. The minimum atomic E-state index is -0.540. The van der Waals surface area contributed by atoms with Gasteiger partial charge in [0.25, 0.3) is 11.6 Å².